The van der Waals surface area contributed by atoms with Crippen LogP contribution in [0.3, 0.4) is 0 Å². The fraction of sp³-hybridized carbons (Fsp3) is 0.435. The Kier molecular flexibility index (Phi) is 5.97. The van der Waals surface area contributed by atoms with E-state index < -0.39 is 0 Å². The van der Waals surface area contributed by atoms with Crippen molar-refractivity contribution in [3.05, 3.63) is 58.1 Å². The van der Waals surface area contributed by atoms with Gasteiger partial charge < -0.3 is 20.5 Å². The maximum atomic E-state index is 6.31. The molecule has 0 saturated carbocycles. The van der Waals surface area contributed by atoms with Crippen molar-refractivity contribution in [3.8, 4) is 5.75 Å². The number of halogens is 1. The van der Waals surface area contributed by atoms with Crippen molar-refractivity contribution >= 4 is 23.2 Å². The molecule has 1 aliphatic carbocycles. The van der Waals surface area contributed by atoms with Crippen molar-refractivity contribution in [2.45, 2.75) is 37.5 Å². The second-order valence-corrected chi connectivity index (χ2v) is 8.34. The van der Waals surface area contributed by atoms with E-state index in [-0.39, 0.29) is 5.41 Å². The van der Waals surface area contributed by atoms with Crippen LogP contribution in [0.4, 0.5) is 5.69 Å². The van der Waals surface area contributed by atoms with Crippen LogP contribution >= 0.6 is 11.6 Å². The molecule has 4 rings (SSSR count). The van der Waals surface area contributed by atoms with Gasteiger partial charge in [-0.1, -0.05) is 17.7 Å². The highest BCUT2D eigenvalue weighted by molar-refractivity contribution is 6.30. The Morgan fingerprint density at radius 1 is 1.17 bits per heavy atom. The summed E-state index contributed by atoms with van der Waals surface area (Å²) in [5.74, 6) is 1.26. The number of nitrogens with one attached hydrogen (secondary N) is 1. The molecule has 0 amide bonds. The van der Waals surface area contributed by atoms with Gasteiger partial charge in [0.2, 0.25) is 0 Å². The molecule has 1 heterocycles. The SMILES string of the molecule is COc1ccc(Cl)cc1C1(CN=C(N)Nc2ccc3c(c2)CCC3)CCOCC1. The molecule has 1 fully saturated rings. The Morgan fingerprint density at radius 2 is 1.97 bits per heavy atom. The highest BCUT2D eigenvalue weighted by Gasteiger charge is 2.37. The van der Waals surface area contributed by atoms with Crippen LogP contribution in [0.25, 0.3) is 0 Å². The van der Waals surface area contributed by atoms with Gasteiger partial charge in [0, 0.05) is 34.9 Å². The van der Waals surface area contributed by atoms with E-state index in [0.717, 1.165) is 36.3 Å². The molecule has 2 aromatic rings. The van der Waals surface area contributed by atoms with Crippen molar-refractivity contribution in [1.82, 2.24) is 0 Å². The van der Waals surface area contributed by atoms with Gasteiger partial charge in [-0.3, -0.25) is 4.99 Å². The summed E-state index contributed by atoms with van der Waals surface area (Å²) in [6.45, 7) is 1.92. The number of aryl methyl sites for hydroxylation is 2. The molecule has 1 aliphatic heterocycles. The quantitative estimate of drug-likeness (QED) is 0.566. The van der Waals surface area contributed by atoms with Gasteiger partial charge in [-0.05, 0) is 73.6 Å². The third kappa shape index (κ3) is 4.36. The lowest BCUT2D eigenvalue weighted by atomic mass is 9.73. The van der Waals surface area contributed by atoms with Crippen LogP contribution in [0.5, 0.6) is 5.75 Å². The summed E-state index contributed by atoms with van der Waals surface area (Å²) in [4.78, 5) is 4.72. The zero-order chi connectivity index (χ0) is 20.3. The van der Waals surface area contributed by atoms with E-state index >= 15 is 0 Å². The number of fused-ring (bicyclic) bond motifs is 1. The van der Waals surface area contributed by atoms with E-state index in [0.29, 0.717) is 30.7 Å². The van der Waals surface area contributed by atoms with Crippen LogP contribution in [-0.2, 0) is 23.0 Å². The second kappa shape index (κ2) is 8.64. The van der Waals surface area contributed by atoms with Crippen LogP contribution in [0.15, 0.2) is 41.4 Å². The standard InChI is InChI=1S/C23H28ClN3O2/c1-28-21-8-6-18(24)14-20(21)23(9-11-29-12-10-23)15-26-22(25)27-19-7-5-16-3-2-4-17(16)13-19/h5-8,13-14H,2-4,9-12,15H2,1H3,(H3,25,26,27). The Bertz CT molecular complexity index is 907. The molecule has 6 heteroatoms. The number of nitrogens with zero attached hydrogens (tertiary/aromatic N) is 1. The molecule has 0 unspecified atom stereocenters. The highest BCUT2D eigenvalue weighted by Crippen LogP contribution is 2.41. The number of methoxy groups -OCH3 is 1. The number of ether oxygens (including phenoxy) is 2. The number of hydrogen-bond acceptors (Lipinski definition) is 3. The predicted molar refractivity (Wildman–Crippen MR) is 118 cm³/mol. The zero-order valence-electron chi connectivity index (χ0n) is 16.8. The maximum absolute atomic E-state index is 6.31. The molecule has 0 spiro atoms. The van der Waals surface area contributed by atoms with Gasteiger partial charge in [-0.15, -0.1) is 0 Å². The first kappa shape index (κ1) is 20.0. The Labute approximate surface area is 177 Å². The summed E-state index contributed by atoms with van der Waals surface area (Å²) in [6, 6.07) is 12.2. The highest BCUT2D eigenvalue weighted by atomic mass is 35.5. The first-order chi connectivity index (χ1) is 14.1. The minimum atomic E-state index is -0.210. The number of nitrogens with two attached hydrogens (primary N) is 1. The molecule has 0 bridgehead atoms. The first-order valence-corrected chi connectivity index (χ1v) is 10.6. The van der Waals surface area contributed by atoms with E-state index in [1.807, 2.05) is 18.2 Å². The molecule has 0 aromatic heterocycles. The van der Waals surface area contributed by atoms with Gasteiger partial charge >= 0.3 is 0 Å². The summed E-state index contributed by atoms with van der Waals surface area (Å²) in [6.07, 6.45) is 5.23. The van der Waals surface area contributed by atoms with Crippen LogP contribution in [0, 0.1) is 0 Å². The average Bonchev–Trinajstić information content (AvgIpc) is 3.21. The molecule has 1 saturated heterocycles. The van der Waals surface area contributed by atoms with Crippen molar-refractivity contribution in [3.63, 3.8) is 0 Å². The summed E-state index contributed by atoms with van der Waals surface area (Å²) >= 11 is 6.31. The molecule has 0 atom stereocenters. The topological polar surface area (TPSA) is 68.9 Å². The largest absolute Gasteiger partial charge is 0.496 e. The Hall–Kier alpha value is -2.24. The number of aliphatic imine (C=N–C) groups is 1. The summed E-state index contributed by atoms with van der Waals surface area (Å²) in [5.41, 5.74) is 11.0. The number of hydrogen-bond donors (Lipinski definition) is 2. The van der Waals surface area contributed by atoms with Crippen LogP contribution in [-0.4, -0.2) is 32.8 Å². The van der Waals surface area contributed by atoms with E-state index in [9.17, 15) is 0 Å². The van der Waals surface area contributed by atoms with Gasteiger partial charge in [0.05, 0.1) is 13.7 Å². The first-order valence-electron chi connectivity index (χ1n) is 10.2. The van der Waals surface area contributed by atoms with Gasteiger partial charge in [0.25, 0.3) is 0 Å². The Balaban J connectivity index is 1.56. The number of guanidine groups is 1. The lowest BCUT2D eigenvalue weighted by Gasteiger charge is -2.37. The monoisotopic (exact) mass is 413 g/mol. The van der Waals surface area contributed by atoms with Gasteiger partial charge in [0.15, 0.2) is 5.96 Å². The molecular formula is C23H28ClN3O2. The maximum Gasteiger partial charge on any atom is 0.193 e. The molecule has 2 aliphatic rings. The Morgan fingerprint density at radius 3 is 2.76 bits per heavy atom. The lowest BCUT2D eigenvalue weighted by molar-refractivity contribution is 0.0523. The molecule has 2 aromatic carbocycles. The van der Waals surface area contributed by atoms with E-state index in [4.69, 9.17) is 31.8 Å². The fourth-order valence-electron chi connectivity index (χ4n) is 4.44. The zero-order valence-corrected chi connectivity index (χ0v) is 17.6. The van der Waals surface area contributed by atoms with Crippen molar-refractivity contribution in [1.29, 1.82) is 0 Å². The molecular weight excluding hydrogens is 386 g/mol. The number of anilines is 1. The number of rotatable bonds is 5. The summed E-state index contributed by atoms with van der Waals surface area (Å²) < 4.78 is 11.3. The van der Waals surface area contributed by atoms with Gasteiger partial charge in [-0.2, -0.15) is 0 Å². The predicted octanol–water partition coefficient (Wildman–Crippen LogP) is 4.31. The fourth-order valence-corrected chi connectivity index (χ4v) is 4.62. The van der Waals surface area contributed by atoms with Crippen molar-refractivity contribution in [2.24, 2.45) is 10.7 Å². The van der Waals surface area contributed by atoms with Crippen molar-refractivity contribution < 1.29 is 9.47 Å². The lowest BCUT2D eigenvalue weighted by Crippen LogP contribution is -2.38. The molecule has 5 nitrogen and oxygen atoms in total. The smallest absolute Gasteiger partial charge is 0.193 e. The van der Waals surface area contributed by atoms with E-state index in [2.05, 4.69) is 23.5 Å². The van der Waals surface area contributed by atoms with Crippen LogP contribution in [0.2, 0.25) is 5.02 Å². The molecule has 154 valence electrons. The molecule has 29 heavy (non-hydrogen) atoms. The average molecular weight is 414 g/mol. The third-order valence-electron chi connectivity index (χ3n) is 6.11. The second-order valence-electron chi connectivity index (χ2n) is 7.90. The molecule has 3 N–H and O–H groups in total. The van der Waals surface area contributed by atoms with Crippen molar-refractivity contribution in [2.75, 3.05) is 32.2 Å². The normalized spacial score (nSPS) is 18.3. The third-order valence-corrected chi connectivity index (χ3v) is 6.34. The summed E-state index contributed by atoms with van der Waals surface area (Å²) in [5, 5.41) is 3.95. The minimum absolute atomic E-state index is 0.210. The van der Waals surface area contributed by atoms with E-state index in [1.165, 1.54) is 24.0 Å². The number of benzene rings is 2. The van der Waals surface area contributed by atoms with E-state index in [1.54, 1.807) is 7.11 Å². The van der Waals surface area contributed by atoms with Gasteiger partial charge in [-0.25, -0.2) is 0 Å². The minimum Gasteiger partial charge on any atom is -0.496 e. The summed E-state index contributed by atoms with van der Waals surface area (Å²) in [7, 11) is 1.69. The van der Waals surface area contributed by atoms with Crippen LogP contribution in [0.1, 0.15) is 36.0 Å². The van der Waals surface area contributed by atoms with Crippen LogP contribution < -0.4 is 15.8 Å². The molecule has 0 radical (unpaired) electrons. The van der Waals surface area contributed by atoms with Gasteiger partial charge in [0.1, 0.15) is 5.75 Å².